The molecule has 0 amide bonds. The molecule has 1 saturated carbocycles. The Morgan fingerprint density at radius 3 is 2.42 bits per heavy atom. The van der Waals surface area contributed by atoms with E-state index >= 15 is 0 Å². The fourth-order valence-corrected chi connectivity index (χ4v) is 4.63. The minimum atomic E-state index is -1.39. The Labute approximate surface area is 194 Å². The number of carboxylic acids is 1. The van der Waals surface area contributed by atoms with E-state index in [0.29, 0.717) is 23.5 Å². The fraction of sp³-hybridized carbons (Fsp3) is 0.370. The topological polar surface area (TPSA) is 96.6 Å². The van der Waals surface area contributed by atoms with Crippen LogP contribution in [0.25, 0.3) is 0 Å². The van der Waals surface area contributed by atoms with Crippen LogP contribution in [-0.2, 0) is 14.3 Å². The first-order valence-electron chi connectivity index (χ1n) is 11.0. The Kier molecular flexibility index (Phi) is 6.92. The highest BCUT2D eigenvalue weighted by atomic mass is 16.5. The van der Waals surface area contributed by atoms with Crippen LogP contribution in [0.5, 0.6) is 11.5 Å². The first kappa shape index (κ1) is 24.1. The Bertz CT molecular complexity index is 1090. The lowest BCUT2D eigenvalue weighted by Gasteiger charge is -2.22. The number of nitriles is 1. The molecule has 3 rings (SSSR count). The first-order valence-corrected chi connectivity index (χ1v) is 11.0. The van der Waals surface area contributed by atoms with Gasteiger partial charge in [-0.2, -0.15) is 5.26 Å². The van der Waals surface area contributed by atoms with Crippen LogP contribution in [-0.4, -0.2) is 23.1 Å². The average molecular weight is 448 g/mol. The summed E-state index contributed by atoms with van der Waals surface area (Å²) in [4.78, 5) is 24.7. The van der Waals surface area contributed by atoms with Gasteiger partial charge in [0.05, 0.1) is 18.1 Å². The summed E-state index contributed by atoms with van der Waals surface area (Å²) in [6.45, 7) is 7.33. The molecular formula is C27H29NO5. The van der Waals surface area contributed by atoms with Crippen molar-refractivity contribution in [3.05, 3.63) is 72.3 Å². The Morgan fingerprint density at radius 1 is 1.15 bits per heavy atom. The second-order valence-electron chi connectivity index (χ2n) is 8.94. The number of para-hydroxylation sites is 1. The van der Waals surface area contributed by atoms with Crippen molar-refractivity contribution in [2.24, 2.45) is 16.7 Å². The molecule has 1 unspecified atom stereocenters. The van der Waals surface area contributed by atoms with Gasteiger partial charge in [0.2, 0.25) is 0 Å². The molecule has 172 valence electrons. The monoisotopic (exact) mass is 447 g/mol. The van der Waals surface area contributed by atoms with E-state index in [1.165, 1.54) is 6.08 Å². The van der Waals surface area contributed by atoms with Gasteiger partial charge in [-0.1, -0.05) is 57.2 Å². The summed E-state index contributed by atoms with van der Waals surface area (Å²) in [7, 11) is 0. The maximum Gasteiger partial charge on any atom is 0.330 e. The molecule has 4 atom stereocenters. The van der Waals surface area contributed by atoms with Gasteiger partial charge in [-0.3, -0.25) is 4.79 Å². The third-order valence-electron chi connectivity index (χ3n) is 6.68. The van der Waals surface area contributed by atoms with Gasteiger partial charge in [0.15, 0.2) is 0 Å². The summed E-state index contributed by atoms with van der Waals surface area (Å²) in [5.41, 5.74) is -1.58. The second-order valence-corrected chi connectivity index (χ2v) is 8.94. The van der Waals surface area contributed by atoms with Crippen molar-refractivity contribution in [1.29, 1.82) is 5.26 Å². The van der Waals surface area contributed by atoms with Gasteiger partial charge in [0.1, 0.15) is 16.9 Å². The second kappa shape index (κ2) is 9.50. The third-order valence-corrected chi connectivity index (χ3v) is 6.68. The van der Waals surface area contributed by atoms with E-state index in [0.717, 1.165) is 0 Å². The number of carbonyl (C=O) groups is 2. The van der Waals surface area contributed by atoms with Gasteiger partial charge in [-0.25, -0.2) is 4.79 Å². The van der Waals surface area contributed by atoms with Crippen molar-refractivity contribution in [3.63, 3.8) is 0 Å². The van der Waals surface area contributed by atoms with Gasteiger partial charge in [-0.15, -0.1) is 0 Å². The molecule has 0 spiro atoms. The molecule has 0 radical (unpaired) electrons. The molecule has 1 N–H and O–H groups in total. The van der Waals surface area contributed by atoms with Crippen LogP contribution in [0.3, 0.4) is 0 Å². The van der Waals surface area contributed by atoms with Crippen molar-refractivity contribution in [3.8, 4) is 17.6 Å². The van der Waals surface area contributed by atoms with Gasteiger partial charge >= 0.3 is 11.9 Å². The minimum absolute atomic E-state index is 0.224. The summed E-state index contributed by atoms with van der Waals surface area (Å²) in [6, 6.07) is 18.4. The van der Waals surface area contributed by atoms with E-state index in [9.17, 15) is 20.0 Å². The molecule has 1 aliphatic carbocycles. The van der Waals surface area contributed by atoms with E-state index in [4.69, 9.17) is 9.47 Å². The highest BCUT2D eigenvalue weighted by Gasteiger charge is 2.78. The van der Waals surface area contributed by atoms with Crippen LogP contribution >= 0.6 is 0 Å². The van der Waals surface area contributed by atoms with E-state index in [-0.39, 0.29) is 6.10 Å². The van der Waals surface area contributed by atoms with Crippen LogP contribution in [0, 0.1) is 28.1 Å². The Balaban J connectivity index is 1.92. The van der Waals surface area contributed by atoms with E-state index in [2.05, 4.69) is 6.07 Å². The van der Waals surface area contributed by atoms with Crippen molar-refractivity contribution in [1.82, 2.24) is 0 Å². The molecule has 0 bridgehead atoms. The van der Waals surface area contributed by atoms with Crippen molar-refractivity contribution in [2.45, 2.75) is 46.1 Å². The summed E-state index contributed by atoms with van der Waals surface area (Å²) >= 11 is 0. The number of carboxylic acid groups (broad SMARTS) is 1. The highest BCUT2D eigenvalue weighted by molar-refractivity contribution is 5.86. The predicted molar refractivity (Wildman–Crippen MR) is 124 cm³/mol. The molecule has 0 saturated heterocycles. The van der Waals surface area contributed by atoms with E-state index in [1.807, 2.05) is 51.1 Å². The van der Waals surface area contributed by atoms with Gasteiger partial charge in [0.25, 0.3) is 0 Å². The minimum Gasteiger partial charge on any atom is -0.481 e. The Hall–Kier alpha value is -3.59. The van der Waals surface area contributed by atoms with Gasteiger partial charge in [0, 0.05) is 12.0 Å². The lowest BCUT2D eigenvalue weighted by atomic mass is 9.78. The number of ether oxygens (including phenoxy) is 2. The first-order chi connectivity index (χ1) is 15.7. The molecule has 2 aromatic carbocycles. The van der Waals surface area contributed by atoms with Crippen LogP contribution in [0.1, 0.15) is 45.6 Å². The fourth-order valence-electron chi connectivity index (χ4n) is 4.63. The molecule has 0 aromatic heterocycles. The smallest absolute Gasteiger partial charge is 0.330 e. The van der Waals surface area contributed by atoms with Gasteiger partial charge < -0.3 is 14.6 Å². The van der Waals surface area contributed by atoms with Crippen molar-refractivity contribution >= 4 is 11.9 Å². The molecule has 0 heterocycles. The molecule has 2 aromatic rings. The molecule has 1 aliphatic rings. The largest absolute Gasteiger partial charge is 0.481 e. The van der Waals surface area contributed by atoms with Gasteiger partial charge in [-0.05, 0) is 48.6 Å². The van der Waals surface area contributed by atoms with Crippen molar-refractivity contribution in [2.75, 3.05) is 0 Å². The summed E-state index contributed by atoms with van der Waals surface area (Å²) in [5.74, 6) is -1.89. The lowest BCUT2D eigenvalue weighted by molar-refractivity contribution is -0.146. The third kappa shape index (κ3) is 4.49. The zero-order valence-corrected chi connectivity index (χ0v) is 19.3. The van der Waals surface area contributed by atoms with Crippen LogP contribution in [0.15, 0.2) is 66.7 Å². The zero-order chi connectivity index (χ0) is 24.2. The summed E-state index contributed by atoms with van der Waals surface area (Å²) in [6.07, 6.45) is 3.32. The van der Waals surface area contributed by atoms with E-state index in [1.54, 1.807) is 37.3 Å². The predicted octanol–water partition coefficient (Wildman–Crippen LogP) is 5.71. The molecule has 6 heteroatoms. The number of carbonyl (C=O) groups excluding carboxylic acids is 1. The number of aliphatic carboxylic acids is 1. The quantitative estimate of drug-likeness (QED) is 0.391. The number of rotatable bonds is 9. The zero-order valence-electron chi connectivity index (χ0n) is 19.3. The molecule has 1 fully saturated rings. The SMILES string of the molecule is CCC(C)OC(=O)/C=C\[C@H]1C(C)(C)[C@]1(C(=O)O)[C@@H](C#N)c1cccc(Oc2ccccc2)c1. The standard InChI is InChI=1S/C27H29NO5/c1-5-18(2)32-24(29)15-14-23-26(3,4)27(23,25(30)31)22(17-28)19-10-9-13-21(16-19)33-20-11-7-6-8-12-20/h6-16,18,22-23H,5H2,1-4H3,(H,30,31)/b15-14-/t18?,22-,23-,27+/m0/s1. The maximum absolute atomic E-state index is 12.6. The molecular weight excluding hydrogens is 418 g/mol. The highest BCUT2D eigenvalue weighted by Crippen LogP contribution is 2.75. The van der Waals surface area contributed by atoms with Crippen molar-refractivity contribution < 1.29 is 24.2 Å². The van der Waals surface area contributed by atoms with E-state index < -0.39 is 34.6 Å². The normalized spacial score (nSPS) is 22.7. The number of esters is 1. The number of benzene rings is 2. The van der Waals surface area contributed by atoms with Crippen LogP contribution in [0.4, 0.5) is 0 Å². The number of nitrogens with zero attached hydrogens (tertiary/aromatic N) is 1. The molecule has 33 heavy (non-hydrogen) atoms. The number of allylic oxidation sites excluding steroid dienone is 1. The number of hydrogen-bond acceptors (Lipinski definition) is 5. The Morgan fingerprint density at radius 2 is 1.82 bits per heavy atom. The van der Waals surface area contributed by atoms with Crippen LogP contribution < -0.4 is 4.74 Å². The molecule has 0 aliphatic heterocycles. The summed E-state index contributed by atoms with van der Waals surface area (Å²) < 4.78 is 11.1. The lowest BCUT2D eigenvalue weighted by Crippen LogP contribution is -2.28. The van der Waals surface area contributed by atoms with Crippen LogP contribution in [0.2, 0.25) is 0 Å². The average Bonchev–Trinajstić information content (AvgIpc) is 3.29. The molecule has 6 nitrogen and oxygen atoms in total. The summed E-state index contributed by atoms with van der Waals surface area (Å²) in [5, 5.41) is 20.4. The maximum atomic E-state index is 12.6. The number of hydrogen-bond donors (Lipinski definition) is 1.